The van der Waals surface area contributed by atoms with Crippen LogP contribution in [-0.2, 0) is 11.8 Å². The standard InChI is InChI=1S/C11H18N2O/c1-8(2)11(3)7-12-5-4-9-6-14-13-10(9)11/h6,8,12H,4-5,7H2,1-3H3. The van der Waals surface area contributed by atoms with E-state index in [9.17, 15) is 0 Å². The molecule has 1 atom stereocenters. The highest BCUT2D eigenvalue weighted by Crippen LogP contribution is 2.34. The number of hydrogen-bond acceptors (Lipinski definition) is 3. The van der Waals surface area contributed by atoms with E-state index in [2.05, 4.69) is 31.2 Å². The minimum Gasteiger partial charge on any atom is -0.364 e. The maximum absolute atomic E-state index is 5.09. The monoisotopic (exact) mass is 194 g/mol. The lowest BCUT2D eigenvalue weighted by Gasteiger charge is -2.31. The van der Waals surface area contributed by atoms with Gasteiger partial charge < -0.3 is 9.84 Å². The normalized spacial score (nSPS) is 27.4. The van der Waals surface area contributed by atoms with Gasteiger partial charge in [-0.15, -0.1) is 0 Å². The first kappa shape index (κ1) is 9.71. The van der Waals surface area contributed by atoms with Crippen molar-refractivity contribution in [2.75, 3.05) is 13.1 Å². The van der Waals surface area contributed by atoms with Gasteiger partial charge in [-0.25, -0.2) is 0 Å². The summed E-state index contributed by atoms with van der Waals surface area (Å²) in [6.07, 6.45) is 2.82. The van der Waals surface area contributed by atoms with Crippen LogP contribution in [0, 0.1) is 5.92 Å². The average molecular weight is 194 g/mol. The molecule has 0 fully saturated rings. The van der Waals surface area contributed by atoms with Crippen LogP contribution in [-0.4, -0.2) is 18.2 Å². The van der Waals surface area contributed by atoms with Crippen molar-refractivity contribution < 1.29 is 4.52 Å². The largest absolute Gasteiger partial charge is 0.364 e. The maximum atomic E-state index is 5.09. The highest BCUT2D eigenvalue weighted by molar-refractivity contribution is 5.27. The van der Waals surface area contributed by atoms with Crippen LogP contribution in [0.25, 0.3) is 0 Å². The predicted molar refractivity (Wildman–Crippen MR) is 55.3 cm³/mol. The molecule has 0 bridgehead atoms. The molecule has 1 aromatic heterocycles. The van der Waals surface area contributed by atoms with E-state index in [0.717, 1.165) is 25.2 Å². The molecular weight excluding hydrogens is 176 g/mol. The zero-order valence-corrected chi connectivity index (χ0v) is 9.13. The van der Waals surface area contributed by atoms with E-state index in [1.54, 1.807) is 6.26 Å². The summed E-state index contributed by atoms with van der Waals surface area (Å²) in [6.45, 7) is 8.76. The van der Waals surface area contributed by atoms with E-state index >= 15 is 0 Å². The molecule has 3 heteroatoms. The third-order valence-corrected chi connectivity index (χ3v) is 3.52. The second-order valence-corrected chi connectivity index (χ2v) is 4.69. The maximum Gasteiger partial charge on any atom is 0.127 e. The van der Waals surface area contributed by atoms with Crippen molar-refractivity contribution in [1.82, 2.24) is 10.5 Å². The summed E-state index contributed by atoms with van der Waals surface area (Å²) in [5, 5.41) is 7.65. The summed E-state index contributed by atoms with van der Waals surface area (Å²) in [7, 11) is 0. The molecule has 0 saturated heterocycles. The van der Waals surface area contributed by atoms with E-state index in [0.29, 0.717) is 5.92 Å². The third-order valence-electron chi connectivity index (χ3n) is 3.52. The Labute approximate surface area is 84.9 Å². The molecule has 0 spiro atoms. The Morgan fingerprint density at radius 2 is 2.36 bits per heavy atom. The fourth-order valence-corrected chi connectivity index (χ4v) is 2.04. The van der Waals surface area contributed by atoms with Crippen molar-refractivity contribution in [3.8, 4) is 0 Å². The molecule has 0 radical (unpaired) electrons. The Morgan fingerprint density at radius 1 is 1.57 bits per heavy atom. The van der Waals surface area contributed by atoms with Crippen molar-refractivity contribution in [3.05, 3.63) is 17.5 Å². The van der Waals surface area contributed by atoms with Crippen LogP contribution in [0.1, 0.15) is 32.0 Å². The highest BCUT2D eigenvalue weighted by atomic mass is 16.5. The second-order valence-electron chi connectivity index (χ2n) is 4.69. The summed E-state index contributed by atoms with van der Waals surface area (Å²) >= 11 is 0. The third kappa shape index (κ3) is 1.36. The lowest BCUT2D eigenvalue weighted by Crippen LogP contribution is -2.39. The van der Waals surface area contributed by atoms with Crippen molar-refractivity contribution in [2.24, 2.45) is 5.92 Å². The van der Waals surface area contributed by atoms with Gasteiger partial charge in [-0.05, 0) is 18.9 Å². The molecule has 0 aromatic carbocycles. The lowest BCUT2D eigenvalue weighted by atomic mass is 9.75. The number of rotatable bonds is 1. The zero-order valence-electron chi connectivity index (χ0n) is 9.13. The van der Waals surface area contributed by atoms with Gasteiger partial charge in [0.2, 0.25) is 0 Å². The number of aromatic nitrogens is 1. The van der Waals surface area contributed by atoms with E-state index in [-0.39, 0.29) is 5.41 Å². The topological polar surface area (TPSA) is 38.1 Å². The smallest absolute Gasteiger partial charge is 0.127 e. The molecule has 2 rings (SSSR count). The number of nitrogens with one attached hydrogen (secondary N) is 1. The fraction of sp³-hybridized carbons (Fsp3) is 0.727. The van der Waals surface area contributed by atoms with Crippen LogP contribution in [0.5, 0.6) is 0 Å². The molecular formula is C11H18N2O. The van der Waals surface area contributed by atoms with Crippen molar-refractivity contribution in [1.29, 1.82) is 0 Å². The quantitative estimate of drug-likeness (QED) is 0.740. The summed E-state index contributed by atoms with van der Waals surface area (Å²) in [5.41, 5.74) is 2.53. The van der Waals surface area contributed by atoms with E-state index < -0.39 is 0 Å². The van der Waals surface area contributed by atoms with Crippen LogP contribution in [0.15, 0.2) is 10.8 Å². The van der Waals surface area contributed by atoms with E-state index in [1.807, 2.05) is 0 Å². The van der Waals surface area contributed by atoms with Crippen LogP contribution < -0.4 is 5.32 Å². The van der Waals surface area contributed by atoms with Crippen molar-refractivity contribution in [2.45, 2.75) is 32.6 Å². The summed E-state index contributed by atoms with van der Waals surface area (Å²) in [4.78, 5) is 0. The first-order chi connectivity index (χ1) is 6.64. The van der Waals surface area contributed by atoms with Gasteiger partial charge in [-0.3, -0.25) is 0 Å². The number of hydrogen-bond donors (Lipinski definition) is 1. The molecule has 0 amide bonds. The Hall–Kier alpha value is -0.830. The molecule has 1 unspecified atom stereocenters. The van der Waals surface area contributed by atoms with Crippen LogP contribution in [0.3, 0.4) is 0 Å². The van der Waals surface area contributed by atoms with Gasteiger partial charge in [0.05, 0.1) is 5.69 Å². The summed E-state index contributed by atoms with van der Waals surface area (Å²) < 4.78 is 5.09. The molecule has 0 aliphatic carbocycles. The number of fused-ring (bicyclic) bond motifs is 1. The highest BCUT2D eigenvalue weighted by Gasteiger charge is 2.36. The number of nitrogens with zero attached hydrogens (tertiary/aromatic N) is 1. The minimum atomic E-state index is 0.110. The van der Waals surface area contributed by atoms with Gasteiger partial charge in [0, 0.05) is 17.5 Å². The molecule has 2 heterocycles. The Balaban J connectivity index is 2.44. The first-order valence-electron chi connectivity index (χ1n) is 5.29. The van der Waals surface area contributed by atoms with Gasteiger partial charge >= 0.3 is 0 Å². The lowest BCUT2D eigenvalue weighted by molar-refractivity contribution is 0.296. The molecule has 3 nitrogen and oxygen atoms in total. The second kappa shape index (κ2) is 3.39. The first-order valence-corrected chi connectivity index (χ1v) is 5.29. The van der Waals surface area contributed by atoms with Gasteiger partial charge in [0.25, 0.3) is 0 Å². The predicted octanol–water partition coefficient (Wildman–Crippen LogP) is 1.73. The van der Waals surface area contributed by atoms with Gasteiger partial charge in [0.15, 0.2) is 0 Å². The van der Waals surface area contributed by atoms with E-state index in [4.69, 9.17) is 4.52 Å². The fourth-order valence-electron chi connectivity index (χ4n) is 2.04. The average Bonchev–Trinajstić information content (AvgIpc) is 2.54. The molecule has 78 valence electrons. The molecule has 0 saturated carbocycles. The molecule has 1 aromatic rings. The molecule has 1 N–H and O–H groups in total. The Bertz CT molecular complexity index is 319. The molecule has 1 aliphatic rings. The van der Waals surface area contributed by atoms with Crippen molar-refractivity contribution in [3.63, 3.8) is 0 Å². The summed E-state index contributed by atoms with van der Waals surface area (Å²) in [5.74, 6) is 0.567. The van der Waals surface area contributed by atoms with Crippen molar-refractivity contribution >= 4 is 0 Å². The Morgan fingerprint density at radius 3 is 3.07 bits per heavy atom. The zero-order chi connectivity index (χ0) is 10.2. The van der Waals surface area contributed by atoms with Gasteiger partial charge in [0.1, 0.15) is 6.26 Å². The van der Waals surface area contributed by atoms with E-state index in [1.165, 1.54) is 5.56 Å². The Kier molecular flexibility index (Phi) is 2.35. The molecule has 14 heavy (non-hydrogen) atoms. The van der Waals surface area contributed by atoms with Crippen LogP contribution >= 0.6 is 0 Å². The summed E-state index contributed by atoms with van der Waals surface area (Å²) in [6, 6.07) is 0. The SMILES string of the molecule is CC(C)C1(C)CNCCc2conc21. The molecule has 1 aliphatic heterocycles. The van der Waals surface area contributed by atoms with Gasteiger partial charge in [-0.1, -0.05) is 25.9 Å². The minimum absolute atomic E-state index is 0.110. The van der Waals surface area contributed by atoms with Crippen LogP contribution in [0.2, 0.25) is 0 Å². The van der Waals surface area contributed by atoms with Crippen LogP contribution in [0.4, 0.5) is 0 Å². The van der Waals surface area contributed by atoms with Gasteiger partial charge in [-0.2, -0.15) is 0 Å².